The minimum atomic E-state index is -0.116. The number of amides is 2. The van der Waals surface area contributed by atoms with Crippen molar-refractivity contribution in [3.8, 4) is 0 Å². The number of carbonyl (C=O) groups excluding carboxylic acids is 2. The fourth-order valence-electron chi connectivity index (χ4n) is 2.96. The molecule has 6 nitrogen and oxygen atoms in total. The summed E-state index contributed by atoms with van der Waals surface area (Å²) in [6.07, 6.45) is 0.501. The fourth-order valence-corrected chi connectivity index (χ4v) is 2.96. The molecule has 3 rings (SSSR count). The molecule has 124 valence electrons. The Morgan fingerprint density at radius 1 is 1.09 bits per heavy atom. The van der Waals surface area contributed by atoms with Gasteiger partial charge in [0.2, 0.25) is 11.8 Å². The first-order valence-corrected chi connectivity index (χ1v) is 8.17. The van der Waals surface area contributed by atoms with Gasteiger partial charge < -0.3 is 15.0 Å². The highest BCUT2D eigenvalue weighted by atomic mass is 16.5. The van der Waals surface area contributed by atoms with Gasteiger partial charge in [0, 0.05) is 50.7 Å². The number of carbonyl (C=O) groups is 2. The van der Waals surface area contributed by atoms with Crippen LogP contribution in [0.15, 0.2) is 30.3 Å². The largest absolute Gasteiger partial charge is 0.379 e. The maximum Gasteiger partial charge on any atom is 0.224 e. The molecule has 2 amide bonds. The lowest BCUT2D eigenvalue weighted by molar-refractivity contribution is -0.141. The molecule has 2 heterocycles. The van der Waals surface area contributed by atoms with Crippen molar-refractivity contribution >= 4 is 17.5 Å². The third kappa shape index (κ3) is 4.30. The lowest BCUT2D eigenvalue weighted by atomic mass is 10.1. The molecule has 1 aromatic rings. The number of nitrogens with one attached hydrogen (secondary N) is 1. The van der Waals surface area contributed by atoms with Gasteiger partial charge >= 0.3 is 0 Å². The second-order valence-corrected chi connectivity index (χ2v) is 6.02. The normalized spacial score (nSPS) is 19.2. The number of morpholine rings is 1. The molecule has 1 N–H and O–H groups in total. The minimum Gasteiger partial charge on any atom is -0.379 e. The van der Waals surface area contributed by atoms with E-state index in [1.165, 1.54) is 0 Å². The first-order valence-electron chi connectivity index (χ1n) is 8.17. The summed E-state index contributed by atoms with van der Waals surface area (Å²) in [5, 5.41) is 2.80. The Labute approximate surface area is 136 Å². The molecule has 0 unspecified atom stereocenters. The van der Waals surface area contributed by atoms with Gasteiger partial charge in [-0.05, 0) is 12.1 Å². The lowest BCUT2D eigenvalue weighted by Crippen LogP contribution is -2.62. The average Bonchev–Trinajstić information content (AvgIpc) is 2.53. The van der Waals surface area contributed by atoms with E-state index in [9.17, 15) is 9.59 Å². The summed E-state index contributed by atoms with van der Waals surface area (Å²) < 4.78 is 5.34. The van der Waals surface area contributed by atoms with Crippen molar-refractivity contribution < 1.29 is 14.3 Å². The van der Waals surface area contributed by atoms with E-state index in [1.807, 2.05) is 35.2 Å². The second-order valence-electron chi connectivity index (χ2n) is 6.02. The van der Waals surface area contributed by atoms with Gasteiger partial charge in [-0.15, -0.1) is 0 Å². The molecule has 0 saturated carbocycles. The number of rotatable bonds is 5. The van der Waals surface area contributed by atoms with E-state index in [0.29, 0.717) is 6.04 Å². The fraction of sp³-hybridized carbons (Fsp3) is 0.529. The van der Waals surface area contributed by atoms with Crippen LogP contribution in [-0.2, 0) is 14.3 Å². The van der Waals surface area contributed by atoms with E-state index in [1.54, 1.807) is 0 Å². The van der Waals surface area contributed by atoms with Crippen molar-refractivity contribution in [2.24, 2.45) is 0 Å². The summed E-state index contributed by atoms with van der Waals surface area (Å²) in [7, 11) is 0. The molecule has 2 saturated heterocycles. The number of likely N-dealkylation sites (tertiary alicyclic amines) is 1. The van der Waals surface area contributed by atoms with Gasteiger partial charge in [-0.2, -0.15) is 0 Å². The van der Waals surface area contributed by atoms with Gasteiger partial charge in [0.05, 0.1) is 13.2 Å². The molecule has 6 heteroatoms. The topological polar surface area (TPSA) is 61.9 Å². The minimum absolute atomic E-state index is 0.0673. The highest BCUT2D eigenvalue weighted by Crippen LogP contribution is 2.18. The number of hydrogen-bond donors (Lipinski definition) is 1. The summed E-state index contributed by atoms with van der Waals surface area (Å²) in [4.78, 5) is 28.2. The van der Waals surface area contributed by atoms with Crippen molar-refractivity contribution in [3.63, 3.8) is 0 Å². The Bertz CT molecular complexity index is 537. The van der Waals surface area contributed by atoms with Crippen LogP contribution in [0.3, 0.4) is 0 Å². The summed E-state index contributed by atoms with van der Waals surface area (Å²) in [6.45, 7) is 5.02. The standard InChI is InChI=1S/C17H23N3O3/c21-16(18-14-4-2-1-3-5-14)6-7-17(22)20-12-15(13-20)19-8-10-23-11-9-19/h1-5,15H,6-13H2,(H,18,21). The van der Waals surface area contributed by atoms with E-state index in [-0.39, 0.29) is 24.7 Å². The van der Waals surface area contributed by atoms with Crippen LogP contribution in [-0.4, -0.2) is 67.0 Å². The van der Waals surface area contributed by atoms with Crippen LogP contribution in [0.2, 0.25) is 0 Å². The van der Waals surface area contributed by atoms with Crippen LogP contribution in [0.1, 0.15) is 12.8 Å². The smallest absolute Gasteiger partial charge is 0.224 e. The van der Waals surface area contributed by atoms with Crippen LogP contribution in [0.25, 0.3) is 0 Å². The molecule has 2 fully saturated rings. The predicted molar refractivity (Wildman–Crippen MR) is 87.1 cm³/mol. The van der Waals surface area contributed by atoms with Crippen LogP contribution in [0.4, 0.5) is 5.69 Å². The number of hydrogen-bond acceptors (Lipinski definition) is 4. The van der Waals surface area contributed by atoms with Gasteiger partial charge in [-0.1, -0.05) is 18.2 Å². The number of ether oxygens (including phenoxy) is 1. The molecule has 0 atom stereocenters. The van der Waals surface area contributed by atoms with Gasteiger partial charge in [-0.3, -0.25) is 14.5 Å². The summed E-state index contributed by atoms with van der Waals surface area (Å²) in [5.41, 5.74) is 0.765. The molecule has 0 aromatic heterocycles. The van der Waals surface area contributed by atoms with E-state index in [4.69, 9.17) is 4.74 Å². The first kappa shape index (κ1) is 16.0. The summed E-state index contributed by atoms with van der Waals surface area (Å²) in [6, 6.07) is 9.76. The van der Waals surface area contributed by atoms with Gasteiger partial charge in [-0.25, -0.2) is 0 Å². The zero-order chi connectivity index (χ0) is 16.1. The molecular formula is C17H23N3O3. The molecule has 2 aliphatic rings. The van der Waals surface area contributed by atoms with E-state index < -0.39 is 0 Å². The van der Waals surface area contributed by atoms with Crippen molar-refractivity contribution in [3.05, 3.63) is 30.3 Å². The third-order valence-electron chi connectivity index (χ3n) is 4.40. The van der Waals surface area contributed by atoms with E-state index in [0.717, 1.165) is 45.1 Å². The van der Waals surface area contributed by atoms with Gasteiger partial charge in [0.15, 0.2) is 0 Å². The number of benzene rings is 1. The molecule has 0 spiro atoms. The average molecular weight is 317 g/mol. The van der Waals surface area contributed by atoms with E-state index >= 15 is 0 Å². The van der Waals surface area contributed by atoms with Crippen molar-refractivity contribution in [1.82, 2.24) is 9.80 Å². The van der Waals surface area contributed by atoms with Crippen molar-refractivity contribution in [1.29, 1.82) is 0 Å². The molecule has 23 heavy (non-hydrogen) atoms. The number of para-hydroxylation sites is 1. The molecular weight excluding hydrogens is 294 g/mol. The molecule has 0 radical (unpaired) electrons. The Kier molecular flexibility index (Phi) is 5.25. The number of anilines is 1. The van der Waals surface area contributed by atoms with Crippen molar-refractivity contribution in [2.45, 2.75) is 18.9 Å². The highest BCUT2D eigenvalue weighted by molar-refractivity contribution is 5.93. The molecule has 0 bridgehead atoms. The molecule has 2 aliphatic heterocycles. The zero-order valence-corrected chi connectivity index (χ0v) is 13.2. The highest BCUT2D eigenvalue weighted by Gasteiger charge is 2.35. The van der Waals surface area contributed by atoms with Crippen LogP contribution in [0, 0.1) is 0 Å². The lowest BCUT2D eigenvalue weighted by Gasteiger charge is -2.46. The third-order valence-corrected chi connectivity index (χ3v) is 4.40. The second kappa shape index (κ2) is 7.57. The molecule has 0 aliphatic carbocycles. The van der Waals surface area contributed by atoms with Crippen LogP contribution >= 0.6 is 0 Å². The Morgan fingerprint density at radius 3 is 2.48 bits per heavy atom. The zero-order valence-electron chi connectivity index (χ0n) is 13.2. The monoisotopic (exact) mass is 317 g/mol. The Morgan fingerprint density at radius 2 is 1.78 bits per heavy atom. The van der Waals surface area contributed by atoms with Crippen LogP contribution in [0.5, 0.6) is 0 Å². The number of nitrogens with zero attached hydrogens (tertiary/aromatic N) is 2. The molecule has 1 aromatic carbocycles. The van der Waals surface area contributed by atoms with Crippen molar-refractivity contribution in [2.75, 3.05) is 44.7 Å². The maximum atomic E-state index is 12.1. The predicted octanol–water partition coefficient (Wildman–Crippen LogP) is 0.948. The van der Waals surface area contributed by atoms with Gasteiger partial charge in [0.25, 0.3) is 0 Å². The SMILES string of the molecule is O=C(CCC(=O)N1CC(N2CCOCC2)C1)Nc1ccccc1. The van der Waals surface area contributed by atoms with Crippen LogP contribution < -0.4 is 5.32 Å². The van der Waals surface area contributed by atoms with Gasteiger partial charge in [0.1, 0.15) is 0 Å². The Balaban J connectivity index is 1.35. The first-order chi connectivity index (χ1) is 11.2. The maximum absolute atomic E-state index is 12.1. The Hall–Kier alpha value is -1.92. The summed E-state index contributed by atoms with van der Waals surface area (Å²) in [5.74, 6) is -0.0486. The quantitative estimate of drug-likeness (QED) is 0.878. The summed E-state index contributed by atoms with van der Waals surface area (Å²) >= 11 is 0. The van der Waals surface area contributed by atoms with E-state index in [2.05, 4.69) is 10.2 Å².